The van der Waals surface area contributed by atoms with Gasteiger partial charge in [0.2, 0.25) is 9.84 Å². The number of methoxy groups -OCH3 is 1. The van der Waals surface area contributed by atoms with Crippen molar-refractivity contribution >= 4 is 53.9 Å². The molecule has 2 aromatic carbocycles. The molecule has 3 N–H and O–H groups in total. The number of aromatic hydroxyl groups is 1. The van der Waals surface area contributed by atoms with Crippen LogP contribution in [0.3, 0.4) is 0 Å². The largest absolute Gasteiger partial charge is 0.504 e. The van der Waals surface area contributed by atoms with E-state index in [0.717, 1.165) is 27.6 Å². The van der Waals surface area contributed by atoms with Gasteiger partial charge in [0.25, 0.3) is 0 Å². The molecule has 0 aliphatic rings. The van der Waals surface area contributed by atoms with Gasteiger partial charge in [-0.2, -0.15) is 0 Å². The Bertz CT molecular complexity index is 1640. The van der Waals surface area contributed by atoms with E-state index in [-0.39, 0.29) is 27.1 Å². The topological polar surface area (TPSA) is 160 Å². The summed E-state index contributed by atoms with van der Waals surface area (Å²) in [4.78, 5) is 26.6. The standard InChI is InChI=1S/C21H16N6O5S2/c1-32-17-7-14-13(6-16(17)28)19-15(24-10-25-20(19)26-14)8-22-21-23-9-18(33-21)34(30,31)12-4-2-11(27-29)3-5-12/h2-7,9-10,28H,8H2,1H3,(H,22,23)(H,24,25,26). The molecule has 3 heterocycles. The molecule has 0 saturated carbocycles. The fourth-order valence-electron chi connectivity index (χ4n) is 3.53. The molecule has 5 rings (SSSR count). The first-order chi connectivity index (χ1) is 16.4. The molecule has 0 radical (unpaired) electrons. The van der Waals surface area contributed by atoms with E-state index < -0.39 is 9.84 Å². The second-order valence-electron chi connectivity index (χ2n) is 7.17. The van der Waals surface area contributed by atoms with Crippen LogP contribution >= 0.6 is 11.3 Å². The molecule has 0 amide bonds. The Labute approximate surface area is 196 Å². The Hall–Kier alpha value is -4.10. The number of H-pyrrole nitrogens is 1. The van der Waals surface area contributed by atoms with E-state index in [0.29, 0.717) is 22.2 Å². The Morgan fingerprint density at radius 3 is 2.71 bits per heavy atom. The highest BCUT2D eigenvalue weighted by Crippen LogP contribution is 2.36. The summed E-state index contributed by atoms with van der Waals surface area (Å²) in [5.74, 6) is 0.325. The third-order valence-electron chi connectivity index (χ3n) is 5.18. The monoisotopic (exact) mass is 496 g/mol. The summed E-state index contributed by atoms with van der Waals surface area (Å²) in [6.07, 6.45) is 2.70. The lowest BCUT2D eigenvalue weighted by Crippen LogP contribution is -2.02. The summed E-state index contributed by atoms with van der Waals surface area (Å²) >= 11 is 0.979. The van der Waals surface area contributed by atoms with Crippen molar-refractivity contribution in [1.29, 1.82) is 0 Å². The van der Waals surface area contributed by atoms with Gasteiger partial charge in [-0.05, 0) is 35.5 Å². The van der Waals surface area contributed by atoms with Gasteiger partial charge in [-0.3, -0.25) is 0 Å². The first-order valence-electron chi connectivity index (χ1n) is 9.81. The molecular weight excluding hydrogens is 480 g/mol. The van der Waals surface area contributed by atoms with Crippen molar-refractivity contribution in [3.63, 3.8) is 0 Å². The van der Waals surface area contributed by atoms with Crippen LogP contribution in [-0.2, 0) is 16.4 Å². The molecule has 5 aromatic rings. The van der Waals surface area contributed by atoms with Crippen LogP contribution in [0.2, 0.25) is 0 Å². The molecule has 0 aliphatic heterocycles. The SMILES string of the molecule is COc1cc2[nH]c3ncnc(CNc4ncc(S(=O)(=O)c5ccc(N=O)cc5)s4)c3c2cc1O. The second-order valence-corrected chi connectivity index (χ2v) is 10.4. The van der Waals surface area contributed by atoms with E-state index in [1.54, 1.807) is 12.1 Å². The number of aromatic nitrogens is 4. The van der Waals surface area contributed by atoms with Crippen LogP contribution in [-0.4, -0.2) is 40.6 Å². The summed E-state index contributed by atoms with van der Waals surface area (Å²) in [5, 5.41) is 17.9. The molecule has 0 fully saturated rings. The first-order valence-corrected chi connectivity index (χ1v) is 12.1. The number of thiazole rings is 1. The van der Waals surface area contributed by atoms with Gasteiger partial charge in [-0.15, -0.1) is 4.91 Å². The highest BCUT2D eigenvalue weighted by atomic mass is 32.2. The molecule has 172 valence electrons. The fraction of sp³-hybridized carbons (Fsp3) is 0.0952. The quantitative estimate of drug-likeness (QED) is 0.282. The normalized spacial score (nSPS) is 11.7. The summed E-state index contributed by atoms with van der Waals surface area (Å²) in [5.41, 5.74) is 2.10. The van der Waals surface area contributed by atoms with Crippen LogP contribution in [0.5, 0.6) is 11.5 Å². The molecular formula is C21H16N6O5S2. The number of hydrogen-bond donors (Lipinski definition) is 3. The third kappa shape index (κ3) is 3.70. The van der Waals surface area contributed by atoms with E-state index in [1.165, 1.54) is 43.9 Å². The highest BCUT2D eigenvalue weighted by molar-refractivity contribution is 7.93. The van der Waals surface area contributed by atoms with Gasteiger partial charge >= 0.3 is 0 Å². The van der Waals surface area contributed by atoms with E-state index in [2.05, 4.69) is 30.4 Å². The van der Waals surface area contributed by atoms with Crippen molar-refractivity contribution in [3.8, 4) is 11.5 Å². The zero-order valence-corrected chi connectivity index (χ0v) is 19.1. The molecule has 11 nitrogen and oxygen atoms in total. The number of fused-ring (bicyclic) bond motifs is 3. The molecule has 0 bridgehead atoms. The van der Waals surface area contributed by atoms with Crippen LogP contribution < -0.4 is 10.1 Å². The minimum absolute atomic E-state index is 0.00890. The van der Waals surface area contributed by atoms with Crippen LogP contribution in [0.25, 0.3) is 21.9 Å². The van der Waals surface area contributed by atoms with Gasteiger partial charge in [0, 0.05) is 11.5 Å². The molecule has 0 spiro atoms. The van der Waals surface area contributed by atoms with Crippen molar-refractivity contribution in [2.45, 2.75) is 15.6 Å². The number of rotatable bonds is 7. The molecule has 0 saturated heterocycles. The van der Waals surface area contributed by atoms with Crippen molar-refractivity contribution in [2.75, 3.05) is 12.4 Å². The van der Waals surface area contributed by atoms with Crippen molar-refractivity contribution < 1.29 is 18.3 Å². The Morgan fingerprint density at radius 2 is 1.97 bits per heavy atom. The number of nitroso groups, excluding NO2 is 1. The summed E-state index contributed by atoms with van der Waals surface area (Å²) in [6.45, 7) is 0.242. The molecule has 34 heavy (non-hydrogen) atoms. The maximum atomic E-state index is 12.9. The van der Waals surface area contributed by atoms with Crippen LogP contribution in [0.4, 0.5) is 10.8 Å². The average molecular weight is 497 g/mol. The van der Waals surface area contributed by atoms with Crippen molar-refractivity contribution in [3.05, 3.63) is 59.5 Å². The number of nitrogens with zero attached hydrogens (tertiary/aromatic N) is 4. The number of hydrogen-bond acceptors (Lipinski definition) is 11. The smallest absolute Gasteiger partial charge is 0.217 e. The van der Waals surface area contributed by atoms with Gasteiger partial charge in [0.05, 0.1) is 41.3 Å². The molecule has 0 atom stereocenters. The second kappa shape index (κ2) is 8.35. The highest BCUT2D eigenvalue weighted by Gasteiger charge is 2.21. The van der Waals surface area contributed by atoms with Gasteiger partial charge in [-0.25, -0.2) is 23.4 Å². The van der Waals surface area contributed by atoms with E-state index in [9.17, 15) is 18.4 Å². The first kappa shape index (κ1) is 21.7. The Morgan fingerprint density at radius 1 is 1.18 bits per heavy atom. The number of sulfone groups is 1. The van der Waals surface area contributed by atoms with Gasteiger partial charge in [0.1, 0.15) is 21.9 Å². The number of phenols is 1. The number of ether oxygens (including phenoxy) is 1. The van der Waals surface area contributed by atoms with E-state index >= 15 is 0 Å². The molecule has 13 heteroatoms. The van der Waals surface area contributed by atoms with Gasteiger partial charge in [0.15, 0.2) is 16.6 Å². The summed E-state index contributed by atoms with van der Waals surface area (Å²) in [7, 11) is -2.32. The van der Waals surface area contributed by atoms with Crippen LogP contribution in [0.15, 0.2) is 63.2 Å². The maximum absolute atomic E-state index is 12.9. The predicted octanol–water partition coefficient (Wildman–Crippen LogP) is 4.12. The third-order valence-corrected chi connectivity index (χ3v) is 8.36. The number of benzene rings is 2. The molecule has 3 aromatic heterocycles. The van der Waals surface area contributed by atoms with Crippen LogP contribution in [0, 0.1) is 4.91 Å². The lowest BCUT2D eigenvalue weighted by Gasteiger charge is -2.05. The number of anilines is 1. The van der Waals surface area contributed by atoms with Crippen molar-refractivity contribution in [1.82, 2.24) is 19.9 Å². The number of phenolic OH excluding ortho intramolecular Hbond substituents is 1. The lowest BCUT2D eigenvalue weighted by atomic mass is 10.1. The van der Waals surface area contributed by atoms with Crippen molar-refractivity contribution in [2.24, 2.45) is 5.18 Å². The van der Waals surface area contributed by atoms with Crippen LogP contribution in [0.1, 0.15) is 5.69 Å². The summed E-state index contributed by atoms with van der Waals surface area (Å²) in [6, 6.07) is 8.61. The minimum atomic E-state index is -3.79. The zero-order chi connectivity index (χ0) is 23.9. The Kier molecular flexibility index (Phi) is 5.34. The fourth-order valence-corrected chi connectivity index (χ4v) is 5.96. The Balaban J connectivity index is 1.43. The minimum Gasteiger partial charge on any atom is -0.504 e. The van der Waals surface area contributed by atoms with E-state index in [1.807, 2.05) is 0 Å². The van der Waals surface area contributed by atoms with Gasteiger partial charge in [-0.1, -0.05) is 11.3 Å². The predicted molar refractivity (Wildman–Crippen MR) is 126 cm³/mol. The average Bonchev–Trinajstić information content (AvgIpc) is 3.47. The zero-order valence-electron chi connectivity index (χ0n) is 17.5. The lowest BCUT2D eigenvalue weighted by molar-refractivity contribution is 0.374. The van der Waals surface area contributed by atoms with Gasteiger partial charge < -0.3 is 20.1 Å². The van der Waals surface area contributed by atoms with E-state index in [4.69, 9.17) is 4.74 Å². The molecule has 0 aliphatic carbocycles. The number of aromatic amines is 1. The number of nitrogens with one attached hydrogen (secondary N) is 2. The maximum Gasteiger partial charge on any atom is 0.217 e. The summed E-state index contributed by atoms with van der Waals surface area (Å²) < 4.78 is 31.0. The molecule has 0 unspecified atom stereocenters.